The Balaban J connectivity index is 1.88. The Labute approximate surface area is 121 Å². The monoisotopic (exact) mass is 288 g/mol. The first-order valence-electron chi connectivity index (χ1n) is 6.30. The van der Waals surface area contributed by atoms with Crippen molar-refractivity contribution in [2.24, 2.45) is 17.9 Å². The number of hydrogen-bond donors (Lipinski definition) is 3. The largest absolute Gasteiger partial charge is 0.409 e. The molecule has 0 bridgehead atoms. The Morgan fingerprint density at radius 1 is 1.48 bits per heavy atom. The fraction of sp³-hybridized carbons (Fsp3) is 0.231. The van der Waals surface area contributed by atoms with Crippen molar-refractivity contribution in [2.45, 2.75) is 6.42 Å². The molecule has 21 heavy (non-hydrogen) atoms. The molecule has 0 unspecified atom stereocenters. The van der Waals surface area contributed by atoms with Crippen LogP contribution in [0.2, 0.25) is 0 Å². The van der Waals surface area contributed by atoms with E-state index in [4.69, 9.17) is 10.9 Å². The summed E-state index contributed by atoms with van der Waals surface area (Å²) in [5.41, 5.74) is 7.19. The second kappa shape index (κ2) is 6.51. The van der Waals surface area contributed by atoms with Crippen molar-refractivity contribution in [3.05, 3.63) is 47.5 Å². The highest BCUT2D eigenvalue weighted by Crippen LogP contribution is 2.01. The highest BCUT2D eigenvalue weighted by atomic mass is 16.4. The SMILES string of the molecule is Cn1cc(CCNC(=O)c2ccc(/C(N)=N/O)cn2)cn1. The zero-order chi connectivity index (χ0) is 15.2. The van der Waals surface area contributed by atoms with E-state index in [1.807, 2.05) is 13.2 Å². The number of pyridine rings is 1. The lowest BCUT2D eigenvalue weighted by molar-refractivity contribution is 0.0949. The van der Waals surface area contributed by atoms with Gasteiger partial charge in [-0.2, -0.15) is 5.10 Å². The van der Waals surface area contributed by atoms with Gasteiger partial charge in [0.05, 0.1) is 6.20 Å². The number of amidine groups is 1. The van der Waals surface area contributed by atoms with Crippen molar-refractivity contribution in [3.63, 3.8) is 0 Å². The first kappa shape index (κ1) is 14.5. The van der Waals surface area contributed by atoms with Crippen LogP contribution in [0.4, 0.5) is 0 Å². The quantitative estimate of drug-likeness (QED) is 0.307. The van der Waals surface area contributed by atoms with E-state index >= 15 is 0 Å². The molecule has 0 aliphatic heterocycles. The fourth-order valence-corrected chi connectivity index (χ4v) is 1.75. The molecule has 8 nitrogen and oxygen atoms in total. The minimum Gasteiger partial charge on any atom is -0.409 e. The van der Waals surface area contributed by atoms with Gasteiger partial charge in [-0.05, 0) is 24.1 Å². The van der Waals surface area contributed by atoms with E-state index in [1.54, 1.807) is 16.9 Å². The first-order chi connectivity index (χ1) is 10.1. The molecular weight excluding hydrogens is 272 g/mol. The van der Waals surface area contributed by atoms with Gasteiger partial charge in [0.2, 0.25) is 0 Å². The van der Waals surface area contributed by atoms with E-state index in [1.165, 1.54) is 12.3 Å². The second-order valence-electron chi connectivity index (χ2n) is 4.45. The maximum atomic E-state index is 11.9. The minimum absolute atomic E-state index is 0.0500. The van der Waals surface area contributed by atoms with Gasteiger partial charge in [0, 0.05) is 31.5 Å². The summed E-state index contributed by atoms with van der Waals surface area (Å²) in [6.07, 6.45) is 5.74. The van der Waals surface area contributed by atoms with E-state index in [0.717, 1.165) is 5.56 Å². The Morgan fingerprint density at radius 3 is 2.86 bits per heavy atom. The number of rotatable bonds is 5. The normalized spacial score (nSPS) is 11.4. The van der Waals surface area contributed by atoms with Crippen molar-refractivity contribution in [1.29, 1.82) is 0 Å². The summed E-state index contributed by atoms with van der Waals surface area (Å²) >= 11 is 0. The van der Waals surface area contributed by atoms with Crippen LogP contribution in [-0.2, 0) is 13.5 Å². The first-order valence-corrected chi connectivity index (χ1v) is 6.30. The van der Waals surface area contributed by atoms with Gasteiger partial charge in [0.1, 0.15) is 5.69 Å². The molecule has 0 aliphatic rings. The van der Waals surface area contributed by atoms with E-state index in [2.05, 4.69) is 20.6 Å². The van der Waals surface area contributed by atoms with Crippen molar-refractivity contribution in [3.8, 4) is 0 Å². The molecule has 0 radical (unpaired) electrons. The summed E-state index contributed by atoms with van der Waals surface area (Å²) in [6.45, 7) is 0.494. The van der Waals surface area contributed by atoms with Gasteiger partial charge < -0.3 is 16.3 Å². The summed E-state index contributed by atoms with van der Waals surface area (Å²) in [5, 5.41) is 18.2. The van der Waals surface area contributed by atoms with Crippen LogP contribution in [0.1, 0.15) is 21.6 Å². The predicted octanol–water partition coefficient (Wildman–Crippen LogP) is -0.118. The maximum absolute atomic E-state index is 11.9. The van der Waals surface area contributed by atoms with Crippen LogP contribution in [0.3, 0.4) is 0 Å². The third kappa shape index (κ3) is 3.78. The summed E-state index contributed by atoms with van der Waals surface area (Å²) in [6, 6.07) is 3.09. The minimum atomic E-state index is -0.273. The second-order valence-corrected chi connectivity index (χ2v) is 4.45. The van der Waals surface area contributed by atoms with Crippen molar-refractivity contribution in [2.75, 3.05) is 6.54 Å². The highest BCUT2D eigenvalue weighted by Gasteiger charge is 2.08. The van der Waals surface area contributed by atoms with Gasteiger partial charge in [-0.25, -0.2) is 0 Å². The maximum Gasteiger partial charge on any atom is 0.269 e. The number of amides is 1. The molecule has 0 spiro atoms. The molecule has 2 heterocycles. The molecule has 2 aromatic heterocycles. The van der Waals surface area contributed by atoms with Crippen LogP contribution in [0.15, 0.2) is 35.9 Å². The number of hydrogen-bond acceptors (Lipinski definition) is 5. The average Bonchev–Trinajstić information content (AvgIpc) is 2.92. The smallest absolute Gasteiger partial charge is 0.269 e. The number of carbonyl (C=O) groups is 1. The van der Waals surface area contributed by atoms with Crippen LogP contribution < -0.4 is 11.1 Å². The topological polar surface area (TPSA) is 118 Å². The van der Waals surface area contributed by atoms with Crippen LogP contribution >= 0.6 is 0 Å². The standard InChI is InChI=1S/C13H16N6O2/c1-19-8-9(6-17-19)4-5-15-13(20)11-3-2-10(7-16-11)12(14)18-21/h2-3,6-8,21H,4-5H2,1H3,(H2,14,18)(H,15,20). The Bertz CT molecular complexity index is 647. The molecule has 0 saturated carbocycles. The van der Waals surface area contributed by atoms with Crippen LogP contribution in [0, 0.1) is 0 Å². The van der Waals surface area contributed by atoms with Crippen LogP contribution in [0.5, 0.6) is 0 Å². The lowest BCUT2D eigenvalue weighted by Gasteiger charge is -2.04. The number of nitrogens with two attached hydrogens (primary N) is 1. The molecule has 110 valence electrons. The van der Waals surface area contributed by atoms with E-state index in [-0.39, 0.29) is 17.4 Å². The molecule has 2 rings (SSSR count). The molecule has 0 aliphatic carbocycles. The van der Waals surface area contributed by atoms with Gasteiger partial charge in [-0.1, -0.05) is 5.16 Å². The predicted molar refractivity (Wildman–Crippen MR) is 76.0 cm³/mol. The van der Waals surface area contributed by atoms with Crippen LogP contribution in [0.25, 0.3) is 0 Å². The Morgan fingerprint density at radius 2 is 2.29 bits per heavy atom. The number of aryl methyl sites for hydroxylation is 1. The van der Waals surface area contributed by atoms with Crippen LogP contribution in [-0.4, -0.2) is 38.3 Å². The third-order valence-electron chi connectivity index (χ3n) is 2.86. The summed E-state index contributed by atoms with van der Waals surface area (Å²) in [7, 11) is 1.84. The van der Waals surface area contributed by atoms with Gasteiger partial charge in [-0.3, -0.25) is 14.5 Å². The number of nitrogens with zero attached hydrogens (tertiary/aromatic N) is 4. The van der Waals surface area contributed by atoms with Gasteiger partial charge >= 0.3 is 0 Å². The van der Waals surface area contributed by atoms with E-state index in [9.17, 15) is 4.79 Å². The molecule has 4 N–H and O–H groups in total. The molecule has 0 atom stereocenters. The molecule has 2 aromatic rings. The molecule has 8 heteroatoms. The third-order valence-corrected chi connectivity index (χ3v) is 2.86. The Kier molecular flexibility index (Phi) is 4.50. The lowest BCUT2D eigenvalue weighted by atomic mass is 10.2. The zero-order valence-corrected chi connectivity index (χ0v) is 11.5. The van der Waals surface area contributed by atoms with E-state index in [0.29, 0.717) is 18.5 Å². The summed E-state index contributed by atoms with van der Waals surface area (Å²) < 4.78 is 1.71. The fourth-order valence-electron chi connectivity index (χ4n) is 1.75. The summed E-state index contributed by atoms with van der Waals surface area (Å²) in [5.74, 6) is -0.323. The highest BCUT2D eigenvalue weighted by molar-refractivity contribution is 5.98. The van der Waals surface area contributed by atoms with Gasteiger partial charge in [0.25, 0.3) is 5.91 Å². The molecular formula is C13H16N6O2. The van der Waals surface area contributed by atoms with Gasteiger partial charge in [-0.15, -0.1) is 0 Å². The number of oxime groups is 1. The number of carbonyl (C=O) groups excluding carboxylic acids is 1. The number of nitrogens with one attached hydrogen (secondary N) is 1. The lowest BCUT2D eigenvalue weighted by Crippen LogP contribution is -2.26. The average molecular weight is 288 g/mol. The van der Waals surface area contributed by atoms with Crippen molar-refractivity contribution >= 4 is 11.7 Å². The Hall–Kier alpha value is -2.90. The van der Waals surface area contributed by atoms with Crippen molar-refractivity contribution < 1.29 is 10.0 Å². The zero-order valence-electron chi connectivity index (χ0n) is 11.5. The van der Waals surface area contributed by atoms with E-state index < -0.39 is 0 Å². The molecule has 0 fully saturated rings. The number of aromatic nitrogens is 3. The van der Waals surface area contributed by atoms with Crippen molar-refractivity contribution in [1.82, 2.24) is 20.1 Å². The molecule has 0 saturated heterocycles. The molecule has 1 amide bonds. The molecule has 0 aromatic carbocycles. The van der Waals surface area contributed by atoms with Gasteiger partial charge in [0.15, 0.2) is 5.84 Å². The summed E-state index contributed by atoms with van der Waals surface area (Å²) in [4.78, 5) is 15.9.